The number of alkyl halides is 3. The minimum Gasteiger partial charge on any atom is -0.298 e. The van der Waals surface area contributed by atoms with Gasteiger partial charge in [0.15, 0.2) is 0 Å². The van der Waals surface area contributed by atoms with Gasteiger partial charge in [-0.1, -0.05) is 42.0 Å². The molecule has 0 bridgehead atoms. The second kappa shape index (κ2) is 7.79. The van der Waals surface area contributed by atoms with Crippen LogP contribution in [0.25, 0.3) is 6.08 Å². The van der Waals surface area contributed by atoms with Crippen LogP contribution in [0.2, 0.25) is 0 Å². The van der Waals surface area contributed by atoms with Gasteiger partial charge < -0.3 is 0 Å². The van der Waals surface area contributed by atoms with Gasteiger partial charge in [0, 0.05) is 19.6 Å². The first-order valence-electron chi connectivity index (χ1n) is 7.66. The molecule has 1 fully saturated rings. The summed E-state index contributed by atoms with van der Waals surface area (Å²) in [6.07, 6.45) is -1.18. The van der Waals surface area contributed by atoms with Crippen molar-refractivity contribution in [3.8, 4) is 0 Å². The molecule has 5 heteroatoms. The zero-order valence-corrected chi connectivity index (χ0v) is 12.9. The van der Waals surface area contributed by atoms with Gasteiger partial charge in [-0.3, -0.25) is 9.80 Å². The van der Waals surface area contributed by atoms with Crippen molar-refractivity contribution in [2.24, 2.45) is 0 Å². The quantitative estimate of drug-likeness (QED) is 0.837. The van der Waals surface area contributed by atoms with E-state index >= 15 is 0 Å². The van der Waals surface area contributed by atoms with Crippen molar-refractivity contribution in [2.75, 3.05) is 39.3 Å². The van der Waals surface area contributed by atoms with Crippen LogP contribution in [0.3, 0.4) is 0 Å². The molecular formula is C17H23F3N2. The number of rotatable bonds is 4. The largest absolute Gasteiger partial charge is 0.401 e. The lowest BCUT2D eigenvalue weighted by Crippen LogP contribution is -2.37. The van der Waals surface area contributed by atoms with Gasteiger partial charge in [0.25, 0.3) is 0 Å². The molecule has 0 saturated carbocycles. The number of hydrogen-bond donors (Lipinski definition) is 0. The molecule has 22 heavy (non-hydrogen) atoms. The number of nitrogens with zero attached hydrogens (tertiary/aromatic N) is 2. The van der Waals surface area contributed by atoms with Gasteiger partial charge in [0.1, 0.15) is 0 Å². The first-order chi connectivity index (χ1) is 10.4. The van der Waals surface area contributed by atoms with Crippen molar-refractivity contribution >= 4 is 6.08 Å². The van der Waals surface area contributed by atoms with Gasteiger partial charge in [-0.05, 0) is 32.0 Å². The van der Waals surface area contributed by atoms with Crippen molar-refractivity contribution in [2.45, 2.75) is 19.5 Å². The third-order valence-electron chi connectivity index (χ3n) is 3.77. The molecule has 1 aromatic carbocycles. The van der Waals surface area contributed by atoms with Gasteiger partial charge in [-0.15, -0.1) is 0 Å². The van der Waals surface area contributed by atoms with Crippen molar-refractivity contribution in [3.63, 3.8) is 0 Å². The number of hydrogen-bond acceptors (Lipinski definition) is 2. The van der Waals surface area contributed by atoms with Gasteiger partial charge in [0.05, 0.1) is 6.54 Å². The van der Waals surface area contributed by atoms with Gasteiger partial charge in [-0.25, -0.2) is 0 Å². The van der Waals surface area contributed by atoms with E-state index in [4.69, 9.17) is 0 Å². The first kappa shape index (κ1) is 17.0. The molecule has 1 saturated heterocycles. The second-order valence-corrected chi connectivity index (χ2v) is 5.92. The van der Waals surface area contributed by atoms with Crippen LogP contribution < -0.4 is 0 Å². The van der Waals surface area contributed by atoms with Crippen LogP contribution in [0.5, 0.6) is 0 Å². The molecule has 0 atom stereocenters. The molecule has 2 nitrogen and oxygen atoms in total. The van der Waals surface area contributed by atoms with Crippen LogP contribution >= 0.6 is 0 Å². The minimum atomic E-state index is -4.10. The minimum absolute atomic E-state index is 0.484. The highest BCUT2D eigenvalue weighted by Crippen LogP contribution is 2.18. The normalized spacial score (nSPS) is 19.2. The zero-order chi connectivity index (χ0) is 16.0. The summed E-state index contributed by atoms with van der Waals surface area (Å²) in [5.41, 5.74) is 2.39. The van der Waals surface area contributed by atoms with Crippen LogP contribution in [0.1, 0.15) is 18.9 Å². The van der Waals surface area contributed by atoms with E-state index < -0.39 is 12.7 Å². The highest BCUT2D eigenvalue weighted by molar-refractivity contribution is 5.52. The van der Waals surface area contributed by atoms with Crippen LogP contribution in [0.4, 0.5) is 13.2 Å². The van der Waals surface area contributed by atoms with E-state index in [1.165, 1.54) is 10.5 Å². The predicted molar refractivity (Wildman–Crippen MR) is 83.6 cm³/mol. The summed E-state index contributed by atoms with van der Waals surface area (Å²) in [6.45, 7) is 4.65. The van der Waals surface area contributed by atoms with E-state index in [0.29, 0.717) is 19.6 Å². The molecule has 1 heterocycles. The van der Waals surface area contributed by atoms with E-state index in [-0.39, 0.29) is 0 Å². The molecule has 1 aliphatic rings. The van der Waals surface area contributed by atoms with Gasteiger partial charge >= 0.3 is 6.18 Å². The van der Waals surface area contributed by atoms with Crippen molar-refractivity contribution in [1.29, 1.82) is 0 Å². The number of benzene rings is 1. The molecular weight excluding hydrogens is 289 g/mol. The van der Waals surface area contributed by atoms with Crippen LogP contribution in [0, 0.1) is 0 Å². The maximum atomic E-state index is 12.5. The molecule has 0 amide bonds. The maximum absolute atomic E-state index is 12.5. The smallest absolute Gasteiger partial charge is 0.298 e. The fourth-order valence-corrected chi connectivity index (χ4v) is 2.83. The zero-order valence-electron chi connectivity index (χ0n) is 12.9. The lowest BCUT2D eigenvalue weighted by Gasteiger charge is -2.22. The first-order valence-corrected chi connectivity index (χ1v) is 7.66. The van der Waals surface area contributed by atoms with E-state index in [9.17, 15) is 13.2 Å². The fourth-order valence-electron chi connectivity index (χ4n) is 2.83. The Hall–Kier alpha value is -1.33. The molecule has 0 radical (unpaired) electrons. The Morgan fingerprint density at radius 2 is 1.68 bits per heavy atom. The Kier molecular flexibility index (Phi) is 6.03. The predicted octanol–water partition coefficient (Wildman–Crippen LogP) is 3.66. The maximum Gasteiger partial charge on any atom is 0.401 e. The lowest BCUT2D eigenvalue weighted by molar-refractivity contribution is -0.145. The summed E-state index contributed by atoms with van der Waals surface area (Å²) in [5.74, 6) is 0. The standard InChI is InChI=1S/C17H23F3N2/c1-15(12-16-6-3-2-4-7-16)13-21-8-5-9-22(11-10-21)14-17(18,19)20/h2-4,6-7,12H,5,8-11,13-14H2,1H3. The third-order valence-corrected chi connectivity index (χ3v) is 3.77. The van der Waals surface area contributed by atoms with Crippen molar-refractivity contribution in [1.82, 2.24) is 9.80 Å². The Labute approximate surface area is 130 Å². The molecule has 0 aliphatic carbocycles. The summed E-state index contributed by atoms with van der Waals surface area (Å²) in [5, 5.41) is 0. The summed E-state index contributed by atoms with van der Waals surface area (Å²) in [4.78, 5) is 3.75. The molecule has 0 unspecified atom stereocenters. The molecule has 1 aromatic rings. The topological polar surface area (TPSA) is 6.48 Å². The van der Waals surface area contributed by atoms with E-state index in [0.717, 1.165) is 25.1 Å². The SMILES string of the molecule is CC(=Cc1ccccc1)CN1CCCN(CC(F)(F)F)CC1. The fraction of sp³-hybridized carbons (Fsp3) is 0.529. The van der Waals surface area contributed by atoms with E-state index in [2.05, 4.69) is 30.0 Å². The molecule has 122 valence electrons. The molecule has 2 rings (SSSR count). The molecule has 0 N–H and O–H groups in total. The average Bonchev–Trinajstić information content (AvgIpc) is 2.63. The molecule has 0 spiro atoms. The third kappa shape index (κ3) is 6.20. The highest BCUT2D eigenvalue weighted by Gasteiger charge is 2.31. The lowest BCUT2D eigenvalue weighted by atomic mass is 10.1. The summed E-state index contributed by atoms with van der Waals surface area (Å²) < 4.78 is 37.4. The Bertz CT molecular complexity index is 482. The summed E-state index contributed by atoms with van der Waals surface area (Å²) in [7, 11) is 0. The van der Waals surface area contributed by atoms with Crippen LogP contribution in [-0.4, -0.2) is 55.2 Å². The monoisotopic (exact) mass is 312 g/mol. The number of halogens is 3. The summed E-state index contributed by atoms with van der Waals surface area (Å²) >= 11 is 0. The second-order valence-electron chi connectivity index (χ2n) is 5.92. The highest BCUT2D eigenvalue weighted by atomic mass is 19.4. The van der Waals surface area contributed by atoms with Crippen molar-refractivity contribution < 1.29 is 13.2 Å². The van der Waals surface area contributed by atoms with Crippen LogP contribution in [0.15, 0.2) is 35.9 Å². The van der Waals surface area contributed by atoms with Gasteiger partial charge in [-0.2, -0.15) is 13.2 Å². The van der Waals surface area contributed by atoms with Gasteiger partial charge in [0.2, 0.25) is 0 Å². The summed E-state index contributed by atoms with van der Waals surface area (Å²) in [6, 6.07) is 10.1. The Balaban J connectivity index is 1.85. The average molecular weight is 312 g/mol. The molecule has 1 aliphatic heterocycles. The van der Waals surface area contributed by atoms with E-state index in [1.54, 1.807) is 0 Å². The molecule has 0 aromatic heterocycles. The van der Waals surface area contributed by atoms with Crippen molar-refractivity contribution in [3.05, 3.63) is 41.5 Å². The Morgan fingerprint density at radius 1 is 1.05 bits per heavy atom. The Morgan fingerprint density at radius 3 is 2.36 bits per heavy atom. The van der Waals surface area contributed by atoms with Crippen LogP contribution in [-0.2, 0) is 0 Å². The van der Waals surface area contributed by atoms with E-state index in [1.807, 2.05) is 18.2 Å².